The summed E-state index contributed by atoms with van der Waals surface area (Å²) in [5.41, 5.74) is 0.840. The Labute approximate surface area is 182 Å². The van der Waals surface area contributed by atoms with E-state index in [0.717, 1.165) is 0 Å². The van der Waals surface area contributed by atoms with Crippen molar-refractivity contribution in [3.8, 4) is 5.75 Å². The van der Waals surface area contributed by atoms with Crippen molar-refractivity contribution in [1.29, 1.82) is 0 Å². The number of para-hydroxylation sites is 2. The van der Waals surface area contributed by atoms with Crippen LogP contribution in [0.15, 0.2) is 48.5 Å². The largest absolute Gasteiger partial charge is 0.495 e. The van der Waals surface area contributed by atoms with Crippen molar-refractivity contribution in [2.24, 2.45) is 0 Å². The van der Waals surface area contributed by atoms with Gasteiger partial charge in [0.2, 0.25) is 5.91 Å². The first-order valence-corrected chi connectivity index (χ1v) is 9.95. The first kappa shape index (κ1) is 23.7. The fourth-order valence-corrected chi connectivity index (χ4v) is 2.74. The van der Waals surface area contributed by atoms with E-state index in [1.807, 2.05) is 0 Å². The van der Waals surface area contributed by atoms with Gasteiger partial charge in [-0.2, -0.15) is 0 Å². The van der Waals surface area contributed by atoms with Gasteiger partial charge in [0.15, 0.2) is 0 Å². The van der Waals surface area contributed by atoms with Crippen molar-refractivity contribution in [1.82, 2.24) is 4.90 Å². The molecule has 0 atom stereocenters. The van der Waals surface area contributed by atoms with Gasteiger partial charge in [0.25, 0.3) is 5.91 Å². The minimum absolute atomic E-state index is 0.106. The summed E-state index contributed by atoms with van der Waals surface area (Å²) in [6.07, 6.45) is -0.574. The fourth-order valence-electron chi connectivity index (χ4n) is 2.74. The zero-order valence-electron chi connectivity index (χ0n) is 18.5. The fraction of sp³-hybridized carbons (Fsp3) is 0.348. The van der Waals surface area contributed by atoms with Crippen molar-refractivity contribution in [3.05, 3.63) is 54.1 Å². The molecule has 8 nitrogen and oxygen atoms in total. The van der Waals surface area contributed by atoms with Gasteiger partial charge in [0.1, 0.15) is 17.9 Å². The SMILES string of the molecule is CCN(CC(=O)Nc1ccccc1OC)C(=O)c1ccc(NC(=O)OC(C)(C)C)cc1. The number of benzene rings is 2. The molecule has 0 aromatic heterocycles. The van der Waals surface area contributed by atoms with Crippen LogP contribution in [0.2, 0.25) is 0 Å². The Kier molecular flexibility index (Phi) is 8.01. The second-order valence-electron chi connectivity index (χ2n) is 7.77. The number of rotatable bonds is 7. The number of ether oxygens (including phenoxy) is 2. The summed E-state index contributed by atoms with van der Waals surface area (Å²) in [4.78, 5) is 38.6. The number of likely N-dealkylation sites (N-methyl/N-ethyl adjacent to an activating group) is 1. The molecule has 166 valence electrons. The van der Waals surface area contributed by atoms with Crippen LogP contribution in [0, 0.1) is 0 Å². The molecule has 0 unspecified atom stereocenters. The Bertz CT molecular complexity index is 920. The molecule has 0 fully saturated rings. The molecule has 0 aliphatic heterocycles. The van der Waals surface area contributed by atoms with Crippen molar-refractivity contribution in [3.63, 3.8) is 0 Å². The van der Waals surface area contributed by atoms with Gasteiger partial charge in [-0.25, -0.2) is 4.79 Å². The quantitative estimate of drug-likeness (QED) is 0.692. The van der Waals surface area contributed by atoms with Crippen LogP contribution in [-0.2, 0) is 9.53 Å². The molecule has 0 aliphatic rings. The van der Waals surface area contributed by atoms with Gasteiger partial charge in [-0.3, -0.25) is 14.9 Å². The number of carbonyl (C=O) groups is 3. The summed E-state index contributed by atoms with van der Waals surface area (Å²) in [6.45, 7) is 7.38. The third-order valence-corrected chi connectivity index (χ3v) is 4.16. The van der Waals surface area contributed by atoms with Crippen molar-refractivity contribution in [2.45, 2.75) is 33.3 Å². The lowest BCUT2D eigenvalue weighted by Crippen LogP contribution is -2.37. The average molecular weight is 428 g/mol. The Hall–Kier alpha value is -3.55. The molecule has 0 radical (unpaired) electrons. The third-order valence-electron chi connectivity index (χ3n) is 4.16. The average Bonchev–Trinajstić information content (AvgIpc) is 2.71. The molecule has 3 amide bonds. The molecular formula is C23H29N3O5. The van der Waals surface area contributed by atoms with E-state index in [0.29, 0.717) is 29.2 Å². The number of hydrogen-bond donors (Lipinski definition) is 2. The Morgan fingerprint density at radius 2 is 1.61 bits per heavy atom. The second kappa shape index (κ2) is 10.5. The highest BCUT2D eigenvalue weighted by Gasteiger charge is 2.19. The van der Waals surface area contributed by atoms with Crippen LogP contribution in [0.4, 0.5) is 16.2 Å². The minimum Gasteiger partial charge on any atom is -0.495 e. The van der Waals surface area contributed by atoms with Gasteiger partial charge in [-0.1, -0.05) is 12.1 Å². The first-order valence-electron chi connectivity index (χ1n) is 9.95. The number of amides is 3. The highest BCUT2D eigenvalue weighted by molar-refractivity contribution is 6.00. The van der Waals surface area contributed by atoms with E-state index < -0.39 is 11.7 Å². The van der Waals surface area contributed by atoms with E-state index in [2.05, 4.69) is 10.6 Å². The Morgan fingerprint density at radius 1 is 0.968 bits per heavy atom. The van der Waals surface area contributed by atoms with Crippen LogP contribution < -0.4 is 15.4 Å². The van der Waals surface area contributed by atoms with Gasteiger partial charge >= 0.3 is 6.09 Å². The lowest BCUT2D eigenvalue weighted by atomic mass is 10.1. The molecule has 0 spiro atoms. The predicted molar refractivity (Wildman–Crippen MR) is 119 cm³/mol. The minimum atomic E-state index is -0.605. The topological polar surface area (TPSA) is 97.0 Å². The van der Waals surface area contributed by atoms with Crippen molar-refractivity contribution in [2.75, 3.05) is 30.8 Å². The molecular weight excluding hydrogens is 398 g/mol. The highest BCUT2D eigenvalue weighted by atomic mass is 16.6. The van der Waals surface area contributed by atoms with Crippen LogP contribution >= 0.6 is 0 Å². The van der Waals surface area contributed by atoms with E-state index >= 15 is 0 Å². The zero-order chi connectivity index (χ0) is 23.0. The van der Waals surface area contributed by atoms with E-state index in [1.165, 1.54) is 12.0 Å². The smallest absolute Gasteiger partial charge is 0.412 e. The summed E-state index contributed by atoms with van der Waals surface area (Å²) >= 11 is 0. The van der Waals surface area contributed by atoms with Gasteiger partial charge in [-0.15, -0.1) is 0 Å². The Balaban J connectivity index is 2.00. The molecule has 0 bridgehead atoms. The molecule has 0 saturated carbocycles. The number of methoxy groups -OCH3 is 1. The summed E-state index contributed by atoms with van der Waals surface area (Å²) in [5.74, 6) is -0.0808. The molecule has 2 aromatic rings. The number of carbonyl (C=O) groups excluding carboxylic acids is 3. The molecule has 8 heteroatoms. The molecule has 2 N–H and O–H groups in total. The molecule has 2 rings (SSSR count). The lowest BCUT2D eigenvalue weighted by Gasteiger charge is -2.21. The number of anilines is 2. The lowest BCUT2D eigenvalue weighted by molar-refractivity contribution is -0.116. The van der Waals surface area contributed by atoms with E-state index in [4.69, 9.17) is 9.47 Å². The molecule has 0 aliphatic carbocycles. The highest BCUT2D eigenvalue weighted by Crippen LogP contribution is 2.23. The first-order chi connectivity index (χ1) is 14.6. The van der Waals surface area contributed by atoms with Crippen LogP contribution in [-0.4, -0.2) is 48.6 Å². The van der Waals surface area contributed by atoms with E-state index in [-0.39, 0.29) is 18.4 Å². The summed E-state index contributed by atoms with van der Waals surface area (Å²) in [5, 5.41) is 5.38. The number of hydrogen-bond acceptors (Lipinski definition) is 5. The standard InChI is InChI=1S/C23H29N3O5/c1-6-26(15-20(27)25-18-9-7-8-10-19(18)30-5)21(28)16-11-13-17(14-12-16)24-22(29)31-23(2,3)4/h7-14H,6,15H2,1-5H3,(H,24,29)(H,25,27). The van der Waals surface area contributed by atoms with Crippen LogP contribution in [0.1, 0.15) is 38.1 Å². The van der Waals surface area contributed by atoms with Gasteiger partial charge in [0, 0.05) is 17.8 Å². The predicted octanol–water partition coefficient (Wildman–Crippen LogP) is 4.14. The van der Waals surface area contributed by atoms with Crippen LogP contribution in [0.25, 0.3) is 0 Å². The maximum atomic E-state index is 12.8. The molecule has 0 heterocycles. The maximum absolute atomic E-state index is 12.8. The maximum Gasteiger partial charge on any atom is 0.412 e. The van der Waals surface area contributed by atoms with Crippen molar-refractivity contribution >= 4 is 29.3 Å². The van der Waals surface area contributed by atoms with Crippen LogP contribution in [0.3, 0.4) is 0 Å². The monoisotopic (exact) mass is 427 g/mol. The molecule has 31 heavy (non-hydrogen) atoms. The zero-order valence-corrected chi connectivity index (χ0v) is 18.5. The van der Waals surface area contributed by atoms with E-state index in [1.54, 1.807) is 76.2 Å². The van der Waals surface area contributed by atoms with Gasteiger partial charge < -0.3 is 19.7 Å². The third kappa shape index (κ3) is 7.33. The second-order valence-corrected chi connectivity index (χ2v) is 7.77. The molecule has 2 aromatic carbocycles. The normalized spacial score (nSPS) is 10.7. The van der Waals surface area contributed by atoms with Gasteiger partial charge in [-0.05, 0) is 64.1 Å². The summed E-state index contributed by atoms with van der Waals surface area (Å²) in [7, 11) is 1.52. The van der Waals surface area contributed by atoms with Crippen molar-refractivity contribution < 1.29 is 23.9 Å². The van der Waals surface area contributed by atoms with Crippen LogP contribution in [0.5, 0.6) is 5.75 Å². The van der Waals surface area contributed by atoms with Gasteiger partial charge in [0.05, 0.1) is 12.8 Å². The summed E-state index contributed by atoms with van der Waals surface area (Å²) < 4.78 is 10.4. The number of nitrogens with zero attached hydrogens (tertiary/aromatic N) is 1. The van der Waals surface area contributed by atoms with E-state index in [9.17, 15) is 14.4 Å². The Morgan fingerprint density at radius 3 is 2.19 bits per heavy atom. The number of nitrogens with one attached hydrogen (secondary N) is 2. The molecule has 0 saturated heterocycles. The summed E-state index contributed by atoms with van der Waals surface area (Å²) in [6, 6.07) is 13.5.